The minimum atomic E-state index is -3.79. The van der Waals surface area contributed by atoms with Gasteiger partial charge in [-0.2, -0.15) is 0 Å². The Balaban J connectivity index is 2.00. The molecule has 122 valence electrons. The number of hydrogen-bond donors (Lipinski definition) is 2. The predicted molar refractivity (Wildman–Crippen MR) is 87.8 cm³/mol. The van der Waals surface area contributed by atoms with Gasteiger partial charge in [-0.1, -0.05) is 24.3 Å². The van der Waals surface area contributed by atoms with E-state index >= 15 is 0 Å². The Bertz CT molecular complexity index is 803. The van der Waals surface area contributed by atoms with Crippen molar-refractivity contribution in [1.29, 1.82) is 0 Å². The fourth-order valence-electron chi connectivity index (χ4n) is 2.13. The van der Waals surface area contributed by atoms with Crippen LogP contribution in [0.2, 0.25) is 0 Å². The van der Waals surface area contributed by atoms with Crippen molar-refractivity contribution in [3.8, 4) is 5.75 Å². The number of primary sulfonamides is 1. The second kappa shape index (κ2) is 7.26. The second-order valence-corrected chi connectivity index (χ2v) is 6.49. The molecule has 6 nitrogen and oxygen atoms in total. The summed E-state index contributed by atoms with van der Waals surface area (Å²) < 4.78 is 27.8. The molecule has 2 aromatic rings. The summed E-state index contributed by atoms with van der Waals surface area (Å²) in [6, 6.07) is 13.3. The molecule has 0 aliphatic rings. The third kappa shape index (κ3) is 4.80. The number of nitrogens with one attached hydrogen (secondary N) is 1. The van der Waals surface area contributed by atoms with Crippen LogP contribution in [0.15, 0.2) is 53.4 Å². The molecule has 0 atom stereocenters. The lowest BCUT2D eigenvalue weighted by Crippen LogP contribution is -2.15. The highest BCUT2D eigenvalue weighted by molar-refractivity contribution is 7.89. The van der Waals surface area contributed by atoms with E-state index in [1.165, 1.54) is 18.2 Å². The zero-order valence-electron chi connectivity index (χ0n) is 12.7. The Morgan fingerprint density at radius 2 is 1.91 bits per heavy atom. The summed E-state index contributed by atoms with van der Waals surface area (Å²) >= 11 is 0. The molecule has 0 saturated heterocycles. The molecule has 0 fully saturated rings. The standard InChI is InChI=1S/C16H18N2O4S/c1-22-15-8-3-2-5-12(15)9-10-16(19)18-13-6-4-7-14(11-13)23(17,20)21/h2-8,11H,9-10H2,1H3,(H,18,19)(H2,17,20,21). The van der Waals surface area contributed by atoms with Crippen molar-refractivity contribution in [2.24, 2.45) is 5.14 Å². The van der Waals surface area contributed by atoms with Gasteiger partial charge in [0.1, 0.15) is 5.75 Å². The van der Waals surface area contributed by atoms with Gasteiger partial charge in [0.25, 0.3) is 0 Å². The fourth-order valence-corrected chi connectivity index (χ4v) is 2.69. The van der Waals surface area contributed by atoms with Gasteiger partial charge in [-0.15, -0.1) is 0 Å². The van der Waals surface area contributed by atoms with E-state index in [9.17, 15) is 13.2 Å². The maximum Gasteiger partial charge on any atom is 0.238 e. The van der Waals surface area contributed by atoms with Gasteiger partial charge in [0, 0.05) is 12.1 Å². The average molecular weight is 334 g/mol. The van der Waals surface area contributed by atoms with Crippen LogP contribution in [-0.2, 0) is 21.2 Å². The van der Waals surface area contributed by atoms with Gasteiger partial charge < -0.3 is 10.1 Å². The van der Waals surface area contributed by atoms with Gasteiger partial charge in [0.2, 0.25) is 15.9 Å². The lowest BCUT2D eigenvalue weighted by atomic mass is 10.1. The smallest absolute Gasteiger partial charge is 0.238 e. The third-order valence-corrected chi connectivity index (χ3v) is 4.17. The average Bonchev–Trinajstić information content (AvgIpc) is 2.52. The highest BCUT2D eigenvalue weighted by atomic mass is 32.2. The molecule has 0 unspecified atom stereocenters. The fraction of sp³-hybridized carbons (Fsp3) is 0.188. The minimum absolute atomic E-state index is 0.0416. The van der Waals surface area contributed by atoms with Crippen LogP contribution in [0.3, 0.4) is 0 Å². The van der Waals surface area contributed by atoms with Crippen molar-refractivity contribution in [3.63, 3.8) is 0 Å². The van der Waals surface area contributed by atoms with Crippen LogP contribution in [0.4, 0.5) is 5.69 Å². The number of carbonyl (C=O) groups is 1. The molecule has 0 aliphatic heterocycles. The molecule has 0 heterocycles. The Morgan fingerprint density at radius 1 is 1.17 bits per heavy atom. The van der Waals surface area contributed by atoms with E-state index in [2.05, 4.69) is 5.32 Å². The number of benzene rings is 2. The molecule has 1 amide bonds. The summed E-state index contributed by atoms with van der Waals surface area (Å²) in [5, 5.41) is 7.73. The van der Waals surface area contributed by atoms with Crippen LogP contribution in [0.1, 0.15) is 12.0 Å². The first-order valence-electron chi connectivity index (χ1n) is 6.95. The summed E-state index contributed by atoms with van der Waals surface area (Å²) in [6.07, 6.45) is 0.769. The maximum absolute atomic E-state index is 12.0. The third-order valence-electron chi connectivity index (χ3n) is 3.26. The van der Waals surface area contributed by atoms with E-state index in [0.717, 1.165) is 11.3 Å². The van der Waals surface area contributed by atoms with Crippen LogP contribution in [0, 0.1) is 0 Å². The van der Waals surface area contributed by atoms with E-state index in [-0.39, 0.29) is 17.2 Å². The monoisotopic (exact) mass is 334 g/mol. The number of methoxy groups -OCH3 is 1. The van der Waals surface area contributed by atoms with Gasteiger partial charge in [-0.25, -0.2) is 13.6 Å². The van der Waals surface area contributed by atoms with Gasteiger partial charge in [-0.05, 0) is 36.2 Å². The van der Waals surface area contributed by atoms with E-state index in [1.54, 1.807) is 13.2 Å². The molecule has 0 spiro atoms. The largest absolute Gasteiger partial charge is 0.496 e. The van der Waals surface area contributed by atoms with Gasteiger partial charge in [0.15, 0.2) is 0 Å². The van der Waals surface area contributed by atoms with Gasteiger partial charge in [-0.3, -0.25) is 4.79 Å². The Hall–Kier alpha value is -2.38. The molecular weight excluding hydrogens is 316 g/mol. The number of amides is 1. The number of anilines is 1. The van der Waals surface area contributed by atoms with Gasteiger partial charge >= 0.3 is 0 Å². The van der Waals surface area contributed by atoms with E-state index in [0.29, 0.717) is 12.1 Å². The van der Waals surface area contributed by atoms with Gasteiger partial charge in [0.05, 0.1) is 12.0 Å². The van der Waals surface area contributed by atoms with E-state index in [4.69, 9.17) is 9.88 Å². The Labute approximate surface area is 135 Å². The first-order chi connectivity index (χ1) is 10.9. The molecule has 2 rings (SSSR count). The highest BCUT2D eigenvalue weighted by Gasteiger charge is 2.10. The Kier molecular flexibility index (Phi) is 5.36. The van der Waals surface area contributed by atoms with E-state index < -0.39 is 10.0 Å². The summed E-state index contributed by atoms with van der Waals surface area (Å²) in [5.41, 5.74) is 1.32. The SMILES string of the molecule is COc1ccccc1CCC(=O)Nc1cccc(S(N)(=O)=O)c1. The topological polar surface area (TPSA) is 98.5 Å². The number of hydrogen-bond acceptors (Lipinski definition) is 4. The predicted octanol–water partition coefficient (Wildman–Crippen LogP) is 1.91. The number of nitrogens with two attached hydrogens (primary N) is 1. The van der Waals surface area contributed by atoms with Crippen molar-refractivity contribution in [2.75, 3.05) is 12.4 Å². The highest BCUT2D eigenvalue weighted by Crippen LogP contribution is 2.19. The summed E-state index contributed by atoms with van der Waals surface area (Å²) in [6.45, 7) is 0. The number of ether oxygens (including phenoxy) is 1. The zero-order chi connectivity index (χ0) is 16.9. The lowest BCUT2D eigenvalue weighted by Gasteiger charge is -2.09. The van der Waals surface area contributed by atoms with E-state index in [1.807, 2.05) is 24.3 Å². The minimum Gasteiger partial charge on any atom is -0.496 e. The quantitative estimate of drug-likeness (QED) is 0.843. The lowest BCUT2D eigenvalue weighted by molar-refractivity contribution is -0.116. The molecule has 0 aromatic heterocycles. The van der Waals surface area contributed by atoms with Crippen molar-refractivity contribution >= 4 is 21.6 Å². The van der Waals surface area contributed by atoms with Crippen LogP contribution < -0.4 is 15.2 Å². The maximum atomic E-state index is 12.0. The molecule has 23 heavy (non-hydrogen) atoms. The van der Waals surface area contributed by atoms with Crippen molar-refractivity contribution in [2.45, 2.75) is 17.7 Å². The number of aryl methyl sites for hydroxylation is 1. The van der Waals surface area contributed by atoms with Crippen LogP contribution >= 0.6 is 0 Å². The number of carbonyl (C=O) groups excluding carboxylic acids is 1. The zero-order valence-corrected chi connectivity index (χ0v) is 13.5. The first kappa shape index (κ1) is 17.0. The molecular formula is C16H18N2O4S. The molecule has 7 heteroatoms. The summed E-state index contributed by atoms with van der Waals surface area (Å²) in [4.78, 5) is 12.0. The molecule has 0 saturated carbocycles. The number of para-hydroxylation sites is 1. The first-order valence-corrected chi connectivity index (χ1v) is 8.49. The van der Waals surface area contributed by atoms with Crippen LogP contribution in [-0.4, -0.2) is 21.4 Å². The van der Waals surface area contributed by atoms with Crippen LogP contribution in [0.25, 0.3) is 0 Å². The summed E-state index contributed by atoms with van der Waals surface area (Å²) in [5.74, 6) is 0.513. The number of rotatable bonds is 6. The van der Waals surface area contributed by atoms with Crippen molar-refractivity contribution < 1.29 is 17.9 Å². The molecule has 2 aromatic carbocycles. The van der Waals surface area contributed by atoms with Crippen LogP contribution in [0.5, 0.6) is 5.75 Å². The van der Waals surface area contributed by atoms with Crippen molar-refractivity contribution in [1.82, 2.24) is 0 Å². The molecule has 0 radical (unpaired) electrons. The van der Waals surface area contributed by atoms with Crippen molar-refractivity contribution in [3.05, 3.63) is 54.1 Å². The Morgan fingerprint density at radius 3 is 2.61 bits per heavy atom. The molecule has 0 bridgehead atoms. The number of sulfonamides is 1. The normalized spacial score (nSPS) is 11.0. The second-order valence-electron chi connectivity index (χ2n) is 4.93. The molecule has 3 N–H and O–H groups in total. The molecule has 0 aliphatic carbocycles. The summed E-state index contributed by atoms with van der Waals surface area (Å²) in [7, 11) is -2.21.